The van der Waals surface area contributed by atoms with Gasteiger partial charge in [-0.25, -0.2) is 8.42 Å². The number of hydrogen-bond donors (Lipinski definition) is 0. The molecule has 0 bridgehead atoms. The molecule has 0 spiro atoms. The van der Waals surface area contributed by atoms with Crippen molar-refractivity contribution in [3.63, 3.8) is 0 Å². The van der Waals surface area contributed by atoms with E-state index in [0.717, 1.165) is 0 Å². The summed E-state index contributed by atoms with van der Waals surface area (Å²) in [6.07, 6.45) is 0. The lowest BCUT2D eigenvalue weighted by atomic mass is 10.1. The van der Waals surface area contributed by atoms with Crippen molar-refractivity contribution < 1.29 is 18.1 Å². The van der Waals surface area contributed by atoms with E-state index in [4.69, 9.17) is 0 Å². The fourth-order valence-electron chi connectivity index (χ4n) is 2.29. The standard InChI is InChI=1S/C13H17N3O5S/c1-2-22(20,21)15-8-6-14(7-9-15)13(17)11-4-3-5-12(10-11)16(18)19/h3-5,10H,2,6-9H2,1H3. The van der Waals surface area contributed by atoms with Crippen molar-refractivity contribution in [1.29, 1.82) is 0 Å². The summed E-state index contributed by atoms with van der Waals surface area (Å²) in [6.45, 7) is 2.63. The van der Waals surface area contributed by atoms with Gasteiger partial charge in [-0.1, -0.05) is 6.07 Å². The van der Waals surface area contributed by atoms with Crippen molar-refractivity contribution >= 4 is 21.6 Å². The molecule has 0 atom stereocenters. The highest BCUT2D eigenvalue weighted by molar-refractivity contribution is 7.89. The maximum absolute atomic E-state index is 12.3. The Bertz CT molecular complexity index is 681. The molecule has 0 aliphatic carbocycles. The third-order valence-electron chi connectivity index (χ3n) is 3.59. The first-order valence-corrected chi connectivity index (χ1v) is 8.47. The summed E-state index contributed by atoms with van der Waals surface area (Å²) in [4.78, 5) is 24.0. The van der Waals surface area contributed by atoms with Gasteiger partial charge in [0, 0.05) is 43.9 Å². The highest BCUT2D eigenvalue weighted by Gasteiger charge is 2.28. The van der Waals surface area contributed by atoms with Crippen LogP contribution in [-0.4, -0.2) is 60.4 Å². The van der Waals surface area contributed by atoms with Gasteiger partial charge in [-0.15, -0.1) is 0 Å². The summed E-state index contributed by atoms with van der Waals surface area (Å²) in [5.41, 5.74) is 0.0963. The van der Waals surface area contributed by atoms with Crippen LogP contribution >= 0.6 is 0 Å². The average molecular weight is 327 g/mol. The number of carbonyl (C=O) groups is 1. The van der Waals surface area contributed by atoms with Crippen molar-refractivity contribution in [3.8, 4) is 0 Å². The Morgan fingerprint density at radius 2 is 1.91 bits per heavy atom. The Kier molecular flexibility index (Phi) is 4.77. The molecule has 2 rings (SSSR count). The van der Waals surface area contributed by atoms with E-state index >= 15 is 0 Å². The van der Waals surface area contributed by atoms with Gasteiger partial charge in [0.05, 0.1) is 10.7 Å². The number of nitro benzene ring substituents is 1. The van der Waals surface area contributed by atoms with E-state index in [1.54, 1.807) is 6.92 Å². The third kappa shape index (κ3) is 3.42. The number of piperazine rings is 1. The lowest BCUT2D eigenvalue weighted by Gasteiger charge is -2.33. The number of non-ortho nitro benzene ring substituents is 1. The molecule has 0 N–H and O–H groups in total. The molecule has 1 aromatic carbocycles. The van der Waals surface area contributed by atoms with Gasteiger partial charge in [-0.3, -0.25) is 14.9 Å². The van der Waals surface area contributed by atoms with Gasteiger partial charge in [0.2, 0.25) is 10.0 Å². The topological polar surface area (TPSA) is 101 Å². The number of sulfonamides is 1. The van der Waals surface area contributed by atoms with Crippen LogP contribution in [0, 0.1) is 10.1 Å². The monoisotopic (exact) mass is 327 g/mol. The molecule has 8 nitrogen and oxygen atoms in total. The van der Waals surface area contributed by atoms with E-state index in [2.05, 4.69) is 0 Å². The number of amides is 1. The van der Waals surface area contributed by atoms with Gasteiger partial charge in [0.1, 0.15) is 0 Å². The fraction of sp³-hybridized carbons (Fsp3) is 0.462. The summed E-state index contributed by atoms with van der Waals surface area (Å²) < 4.78 is 24.9. The molecule has 1 saturated heterocycles. The van der Waals surface area contributed by atoms with E-state index in [9.17, 15) is 23.3 Å². The number of nitro groups is 1. The molecule has 1 amide bonds. The van der Waals surface area contributed by atoms with Crippen LogP contribution in [0.15, 0.2) is 24.3 Å². The zero-order chi connectivity index (χ0) is 16.3. The lowest BCUT2D eigenvalue weighted by Crippen LogP contribution is -2.50. The van der Waals surface area contributed by atoms with E-state index in [1.807, 2.05) is 0 Å². The van der Waals surface area contributed by atoms with Crippen molar-refractivity contribution in [2.24, 2.45) is 0 Å². The summed E-state index contributed by atoms with van der Waals surface area (Å²) >= 11 is 0. The number of nitrogens with zero attached hydrogens (tertiary/aromatic N) is 3. The molecule has 22 heavy (non-hydrogen) atoms. The molecular weight excluding hydrogens is 310 g/mol. The maximum Gasteiger partial charge on any atom is 0.270 e. The van der Waals surface area contributed by atoms with Gasteiger partial charge in [0.25, 0.3) is 11.6 Å². The molecule has 0 aromatic heterocycles. The zero-order valence-corrected chi connectivity index (χ0v) is 13.0. The first-order valence-electron chi connectivity index (χ1n) is 6.86. The zero-order valence-electron chi connectivity index (χ0n) is 12.1. The predicted octanol–water partition coefficient (Wildman–Crippen LogP) is 0.702. The second-order valence-electron chi connectivity index (χ2n) is 4.90. The van der Waals surface area contributed by atoms with Gasteiger partial charge >= 0.3 is 0 Å². The number of benzene rings is 1. The lowest BCUT2D eigenvalue weighted by molar-refractivity contribution is -0.384. The third-order valence-corrected chi connectivity index (χ3v) is 5.47. The first kappa shape index (κ1) is 16.4. The Balaban J connectivity index is 2.07. The molecule has 0 radical (unpaired) electrons. The van der Waals surface area contributed by atoms with Crippen LogP contribution in [-0.2, 0) is 10.0 Å². The minimum atomic E-state index is -3.25. The van der Waals surface area contributed by atoms with Crippen molar-refractivity contribution in [1.82, 2.24) is 9.21 Å². The largest absolute Gasteiger partial charge is 0.336 e. The van der Waals surface area contributed by atoms with Crippen molar-refractivity contribution in [3.05, 3.63) is 39.9 Å². The predicted molar refractivity (Wildman–Crippen MR) is 80.0 cm³/mol. The molecular formula is C13H17N3O5S. The van der Waals surface area contributed by atoms with Gasteiger partial charge in [0.15, 0.2) is 0 Å². The van der Waals surface area contributed by atoms with E-state index in [0.29, 0.717) is 0 Å². The van der Waals surface area contributed by atoms with Crippen LogP contribution in [0.4, 0.5) is 5.69 Å². The van der Waals surface area contributed by atoms with Crippen LogP contribution in [0.3, 0.4) is 0 Å². The van der Waals surface area contributed by atoms with Gasteiger partial charge in [-0.05, 0) is 13.0 Å². The van der Waals surface area contributed by atoms with Crippen LogP contribution in [0.1, 0.15) is 17.3 Å². The Labute approximate surface area is 128 Å². The van der Waals surface area contributed by atoms with Crippen LogP contribution in [0.2, 0.25) is 0 Å². The molecule has 1 heterocycles. The van der Waals surface area contributed by atoms with E-state index in [1.165, 1.54) is 33.5 Å². The quantitative estimate of drug-likeness (QED) is 0.598. The molecule has 1 fully saturated rings. The molecule has 1 aromatic rings. The normalized spacial score (nSPS) is 16.5. The fourth-order valence-corrected chi connectivity index (χ4v) is 3.37. The van der Waals surface area contributed by atoms with Crippen LogP contribution < -0.4 is 0 Å². The Morgan fingerprint density at radius 1 is 1.27 bits per heavy atom. The SMILES string of the molecule is CCS(=O)(=O)N1CCN(C(=O)c2cccc([N+](=O)[O-])c2)CC1. The highest BCUT2D eigenvalue weighted by Crippen LogP contribution is 2.16. The van der Waals surface area contributed by atoms with Crippen LogP contribution in [0.25, 0.3) is 0 Å². The summed E-state index contributed by atoms with van der Waals surface area (Å²) in [7, 11) is -3.25. The first-order chi connectivity index (χ1) is 10.3. The summed E-state index contributed by atoms with van der Waals surface area (Å²) in [5, 5.41) is 10.7. The minimum absolute atomic E-state index is 0.0336. The van der Waals surface area contributed by atoms with E-state index < -0.39 is 14.9 Å². The highest BCUT2D eigenvalue weighted by atomic mass is 32.2. The second kappa shape index (κ2) is 6.41. The summed E-state index contributed by atoms with van der Waals surface area (Å²) in [5.74, 6) is -0.288. The average Bonchev–Trinajstić information content (AvgIpc) is 2.54. The Hall–Kier alpha value is -2.00. The van der Waals surface area contributed by atoms with Crippen molar-refractivity contribution in [2.45, 2.75) is 6.92 Å². The maximum atomic E-state index is 12.3. The van der Waals surface area contributed by atoms with Crippen molar-refractivity contribution in [2.75, 3.05) is 31.9 Å². The number of carbonyl (C=O) groups excluding carboxylic acids is 1. The second-order valence-corrected chi connectivity index (χ2v) is 7.16. The molecule has 1 aliphatic heterocycles. The summed E-state index contributed by atoms with van der Waals surface area (Å²) in [6, 6.07) is 5.54. The van der Waals surface area contributed by atoms with Gasteiger partial charge < -0.3 is 4.90 Å². The smallest absolute Gasteiger partial charge is 0.270 e. The Morgan fingerprint density at radius 3 is 2.45 bits per heavy atom. The van der Waals surface area contributed by atoms with E-state index in [-0.39, 0.29) is 49.1 Å². The van der Waals surface area contributed by atoms with Crippen LogP contribution in [0.5, 0.6) is 0 Å². The molecule has 9 heteroatoms. The molecule has 0 unspecified atom stereocenters. The van der Waals surface area contributed by atoms with Gasteiger partial charge in [-0.2, -0.15) is 4.31 Å². The molecule has 0 saturated carbocycles. The molecule has 120 valence electrons. The minimum Gasteiger partial charge on any atom is -0.336 e. The number of rotatable bonds is 4. The molecule has 1 aliphatic rings. The number of hydrogen-bond acceptors (Lipinski definition) is 5.